The molecule has 0 amide bonds. The van der Waals surface area contributed by atoms with Crippen LogP contribution in [0.5, 0.6) is 0 Å². The van der Waals surface area contributed by atoms with Crippen LogP contribution in [0.2, 0.25) is 0 Å². The molecule has 0 bridgehead atoms. The van der Waals surface area contributed by atoms with Crippen LogP contribution in [0.4, 0.5) is 0 Å². The van der Waals surface area contributed by atoms with Crippen molar-refractivity contribution in [2.75, 3.05) is 6.54 Å². The van der Waals surface area contributed by atoms with Gasteiger partial charge >= 0.3 is 0 Å². The summed E-state index contributed by atoms with van der Waals surface area (Å²) in [6, 6.07) is 18.1. The van der Waals surface area contributed by atoms with Gasteiger partial charge in [-0.15, -0.1) is 0 Å². The Hall–Kier alpha value is -2.85. The number of rotatable bonds is 4. The number of nitrogens with one attached hydrogen (secondary N) is 1. The second kappa shape index (κ2) is 7.20. The maximum Gasteiger partial charge on any atom is 0.0760 e. The lowest BCUT2D eigenvalue weighted by Crippen LogP contribution is -2.35. The normalized spacial score (nSPS) is 17.0. The summed E-state index contributed by atoms with van der Waals surface area (Å²) in [6.07, 6.45) is 4.16. The Kier molecular flexibility index (Phi) is 4.51. The Morgan fingerprint density at radius 3 is 2.62 bits per heavy atom. The predicted octanol–water partition coefficient (Wildman–Crippen LogP) is 4.92. The van der Waals surface area contributed by atoms with Gasteiger partial charge in [0, 0.05) is 48.0 Å². The van der Waals surface area contributed by atoms with Crippen LogP contribution >= 0.6 is 0 Å². The quantitative estimate of drug-likeness (QED) is 0.542. The van der Waals surface area contributed by atoms with Crippen LogP contribution in [-0.2, 0) is 26.4 Å². The van der Waals surface area contributed by atoms with Gasteiger partial charge in [0.2, 0.25) is 0 Å². The van der Waals surface area contributed by atoms with Crippen LogP contribution in [0.25, 0.3) is 10.9 Å². The topological polar surface area (TPSA) is 36.9 Å². The summed E-state index contributed by atoms with van der Waals surface area (Å²) in [6.45, 7) is 6.33. The zero-order valence-electron chi connectivity index (χ0n) is 17.4. The van der Waals surface area contributed by atoms with Crippen molar-refractivity contribution < 1.29 is 0 Å². The van der Waals surface area contributed by atoms with Crippen molar-refractivity contribution in [3.05, 3.63) is 88.4 Å². The molecular formula is C25H28N4. The van der Waals surface area contributed by atoms with E-state index in [0.29, 0.717) is 0 Å². The van der Waals surface area contributed by atoms with Gasteiger partial charge in [0.1, 0.15) is 0 Å². The van der Waals surface area contributed by atoms with Crippen molar-refractivity contribution >= 4 is 10.9 Å². The van der Waals surface area contributed by atoms with E-state index in [4.69, 9.17) is 0 Å². The number of H-pyrrole nitrogens is 1. The molecule has 0 saturated heterocycles. The fraction of sp³-hybridized carbons (Fsp3) is 0.320. The van der Waals surface area contributed by atoms with Crippen molar-refractivity contribution in [3.63, 3.8) is 0 Å². The zero-order valence-corrected chi connectivity index (χ0v) is 17.4. The van der Waals surface area contributed by atoms with Gasteiger partial charge in [0.15, 0.2) is 0 Å². The van der Waals surface area contributed by atoms with E-state index in [9.17, 15) is 0 Å². The number of aromatic nitrogens is 3. The lowest BCUT2D eigenvalue weighted by Gasteiger charge is -2.36. The monoisotopic (exact) mass is 384 g/mol. The number of fused-ring (bicyclic) bond motifs is 3. The van der Waals surface area contributed by atoms with Crippen molar-refractivity contribution in [3.8, 4) is 0 Å². The van der Waals surface area contributed by atoms with Gasteiger partial charge in [-0.25, -0.2) is 0 Å². The standard InChI is InChI=1S/C25H28N4/c1-4-18-9-11-19(12-10-18)25-24-22(21-7-5-6-8-23(21)27-24)13-14-29(25)16-20-15-26-28(3)17(20)2/h5-12,15,25,27H,4,13-14,16H2,1-3H3/t25-/m1/s1. The summed E-state index contributed by atoms with van der Waals surface area (Å²) in [7, 11) is 2.02. The molecule has 0 unspecified atom stereocenters. The summed E-state index contributed by atoms with van der Waals surface area (Å²) in [5.74, 6) is 0. The highest BCUT2D eigenvalue weighted by Crippen LogP contribution is 2.39. The fourth-order valence-corrected chi connectivity index (χ4v) is 4.69. The second-order valence-electron chi connectivity index (χ2n) is 8.16. The average Bonchev–Trinajstić information content (AvgIpc) is 3.28. The number of benzene rings is 2. The number of nitrogens with zero attached hydrogens (tertiary/aromatic N) is 3. The van der Waals surface area contributed by atoms with E-state index >= 15 is 0 Å². The first-order chi connectivity index (χ1) is 14.2. The van der Waals surface area contributed by atoms with Crippen molar-refractivity contribution in [1.29, 1.82) is 0 Å². The van der Waals surface area contributed by atoms with Crippen LogP contribution in [0, 0.1) is 6.92 Å². The first-order valence-electron chi connectivity index (χ1n) is 10.6. The molecule has 0 spiro atoms. The van der Waals surface area contributed by atoms with E-state index < -0.39 is 0 Å². The minimum absolute atomic E-state index is 0.233. The molecule has 3 heterocycles. The van der Waals surface area contributed by atoms with Crippen LogP contribution in [0.1, 0.15) is 46.6 Å². The van der Waals surface area contributed by atoms with Crippen LogP contribution in [-0.4, -0.2) is 26.2 Å². The Bertz CT molecular complexity index is 1150. The van der Waals surface area contributed by atoms with Crippen molar-refractivity contribution in [2.45, 2.75) is 39.3 Å². The summed E-state index contributed by atoms with van der Waals surface area (Å²) >= 11 is 0. The molecule has 4 nitrogen and oxygen atoms in total. The maximum absolute atomic E-state index is 4.46. The number of aryl methyl sites for hydroxylation is 2. The molecule has 0 saturated carbocycles. The van der Waals surface area contributed by atoms with Gasteiger partial charge in [-0.1, -0.05) is 49.4 Å². The summed E-state index contributed by atoms with van der Waals surface area (Å²) in [5, 5.41) is 5.83. The minimum atomic E-state index is 0.233. The molecule has 29 heavy (non-hydrogen) atoms. The summed E-state index contributed by atoms with van der Waals surface area (Å²) < 4.78 is 1.97. The van der Waals surface area contributed by atoms with E-state index in [1.807, 2.05) is 17.9 Å². The van der Waals surface area contributed by atoms with Gasteiger partial charge in [-0.05, 0) is 42.5 Å². The van der Waals surface area contributed by atoms with E-state index in [-0.39, 0.29) is 6.04 Å². The highest BCUT2D eigenvalue weighted by atomic mass is 15.3. The molecule has 2 aromatic heterocycles. The van der Waals surface area contributed by atoms with E-state index in [2.05, 4.69) is 77.4 Å². The van der Waals surface area contributed by atoms with Crippen LogP contribution in [0.3, 0.4) is 0 Å². The molecule has 1 atom stereocenters. The molecule has 0 aliphatic carbocycles. The molecule has 1 aliphatic heterocycles. The highest BCUT2D eigenvalue weighted by molar-refractivity contribution is 5.85. The van der Waals surface area contributed by atoms with Crippen molar-refractivity contribution in [1.82, 2.24) is 19.7 Å². The van der Waals surface area contributed by atoms with Crippen LogP contribution in [0.15, 0.2) is 54.7 Å². The smallest absolute Gasteiger partial charge is 0.0760 e. The fourth-order valence-electron chi connectivity index (χ4n) is 4.69. The lowest BCUT2D eigenvalue weighted by molar-refractivity contribution is 0.201. The molecule has 148 valence electrons. The number of aromatic amines is 1. The minimum Gasteiger partial charge on any atom is -0.357 e. The lowest BCUT2D eigenvalue weighted by atomic mass is 9.91. The Balaban J connectivity index is 1.61. The largest absolute Gasteiger partial charge is 0.357 e. The number of hydrogen-bond acceptors (Lipinski definition) is 2. The third kappa shape index (κ3) is 3.08. The molecule has 1 N–H and O–H groups in total. The Labute approximate surface area is 172 Å². The second-order valence-corrected chi connectivity index (χ2v) is 8.16. The van der Waals surface area contributed by atoms with Crippen LogP contribution < -0.4 is 0 Å². The summed E-state index contributed by atoms with van der Waals surface area (Å²) in [4.78, 5) is 6.37. The molecule has 4 heteroatoms. The molecule has 0 radical (unpaired) electrons. The first-order valence-corrected chi connectivity index (χ1v) is 10.6. The van der Waals surface area contributed by atoms with E-state index in [0.717, 1.165) is 25.9 Å². The number of hydrogen-bond donors (Lipinski definition) is 1. The van der Waals surface area contributed by atoms with Gasteiger partial charge in [-0.3, -0.25) is 9.58 Å². The van der Waals surface area contributed by atoms with Gasteiger partial charge in [0.25, 0.3) is 0 Å². The van der Waals surface area contributed by atoms with E-state index in [1.165, 1.54) is 44.5 Å². The average molecular weight is 385 g/mol. The molecule has 5 rings (SSSR count). The highest BCUT2D eigenvalue weighted by Gasteiger charge is 2.32. The van der Waals surface area contributed by atoms with Gasteiger partial charge < -0.3 is 4.98 Å². The van der Waals surface area contributed by atoms with Crippen molar-refractivity contribution in [2.24, 2.45) is 7.05 Å². The predicted molar refractivity (Wildman–Crippen MR) is 118 cm³/mol. The molecule has 1 aliphatic rings. The molecule has 0 fully saturated rings. The Morgan fingerprint density at radius 2 is 1.90 bits per heavy atom. The molecule has 2 aromatic carbocycles. The molecular weight excluding hydrogens is 356 g/mol. The Morgan fingerprint density at radius 1 is 1.10 bits per heavy atom. The number of para-hydroxylation sites is 1. The third-order valence-corrected chi connectivity index (χ3v) is 6.55. The first kappa shape index (κ1) is 18.2. The maximum atomic E-state index is 4.46. The molecule has 4 aromatic rings. The van der Waals surface area contributed by atoms with Gasteiger partial charge in [0.05, 0.1) is 12.2 Å². The zero-order chi connectivity index (χ0) is 20.0. The summed E-state index contributed by atoms with van der Waals surface area (Å²) in [5.41, 5.74) is 9.36. The van der Waals surface area contributed by atoms with Gasteiger partial charge in [-0.2, -0.15) is 5.10 Å². The van der Waals surface area contributed by atoms with E-state index in [1.54, 1.807) is 0 Å². The SMILES string of the molecule is CCc1ccc([C@@H]2c3[nH]c4ccccc4c3CCN2Cc2cnn(C)c2C)cc1. The third-order valence-electron chi connectivity index (χ3n) is 6.55.